The highest BCUT2D eigenvalue weighted by Gasteiger charge is 2.18. The molecule has 12 rings (SSSR count). The van der Waals surface area contributed by atoms with E-state index in [-0.39, 0.29) is 0 Å². The minimum absolute atomic E-state index is 0.678. The van der Waals surface area contributed by atoms with Crippen molar-refractivity contribution in [2.75, 3.05) is 0 Å². The third-order valence-electron chi connectivity index (χ3n) is 11.7. The van der Waals surface area contributed by atoms with E-state index in [4.69, 9.17) is 14.4 Å². The van der Waals surface area contributed by atoms with Crippen molar-refractivity contribution in [2.24, 2.45) is 0 Å². The standard InChI is InChI=1S/C56H34N2OS/c1-2-14-36(15-3-1)56-57-50(34-51(58-56)45-19-7-6-18-43(45)38-25-27-53-48(33-38)46-20-8-10-23-52(46)59-53)41-30-39(29-40(31-41)44-22-12-16-35-13-4-5-17-42(35)44)37-26-28-55-49(32-37)47-21-9-11-24-54(47)60-55/h1-34H. The summed E-state index contributed by atoms with van der Waals surface area (Å²) in [5.74, 6) is 0.678. The van der Waals surface area contributed by atoms with Gasteiger partial charge in [-0.15, -0.1) is 11.3 Å². The summed E-state index contributed by atoms with van der Waals surface area (Å²) in [5.41, 5.74) is 13.3. The molecule has 3 heterocycles. The van der Waals surface area contributed by atoms with Crippen LogP contribution in [0.3, 0.4) is 0 Å². The SMILES string of the molecule is c1ccc(-c2nc(-c3cc(-c4ccc5sc6ccccc6c5c4)cc(-c4cccc5ccccc45)c3)cc(-c3ccccc3-c3ccc4oc5ccccc5c4c3)n2)cc1. The van der Waals surface area contributed by atoms with Gasteiger partial charge in [-0.3, -0.25) is 0 Å². The van der Waals surface area contributed by atoms with Gasteiger partial charge in [0.05, 0.1) is 11.4 Å². The molecule has 4 heteroatoms. The third-order valence-corrected chi connectivity index (χ3v) is 12.8. The molecule has 0 saturated carbocycles. The highest BCUT2D eigenvalue weighted by atomic mass is 32.1. The van der Waals surface area contributed by atoms with E-state index in [1.54, 1.807) is 0 Å². The molecule has 3 aromatic heterocycles. The number of para-hydroxylation sites is 1. The van der Waals surface area contributed by atoms with Gasteiger partial charge < -0.3 is 4.42 Å². The van der Waals surface area contributed by atoms with Gasteiger partial charge in [0.25, 0.3) is 0 Å². The van der Waals surface area contributed by atoms with Crippen LogP contribution in [0, 0.1) is 0 Å². The van der Waals surface area contributed by atoms with Crippen LogP contribution in [-0.2, 0) is 0 Å². The predicted octanol–water partition coefficient (Wildman–Crippen LogP) is 15.9. The Bertz CT molecular complexity index is 3610. The van der Waals surface area contributed by atoms with Gasteiger partial charge in [0, 0.05) is 47.6 Å². The van der Waals surface area contributed by atoms with Crippen LogP contribution in [0.1, 0.15) is 0 Å². The Morgan fingerprint density at radius 3 is 1.87 bits per heavy atom. The first kappa shape index (κ1) is 34.4. The number of aromatic nitrogens is 2. The van der Waals surface area contributed by atoms with E-state index in [1.165, 1.54) is 42.1 Å². The number of nitrogens with zero attached hydrogens (tertiary/aromatic N) is 2. The van der Waals surface area contributed by atoms with Crippen LogP contribution >= 0.6 is 11.3 Å². The molecule has 0 N–H and O–H groups in total. The summed E-state index contributed by atoms with van der Waals surface area (Å²) in [6, 6.07) is 73.5. The lowest BCUT2D eigenvalue weighted by Crippen LogP contribution is -1.97. The molecular weight excluding hydrogens is 749 g/mol. The molecule has 0 amide bonds. The highest BCUT2D eigenvalue weighted by Crippen LogP contribution is 2.42. The van der Waals surface area contributed by atoms with Crippen molar-refractivity contribution in [3.8, 4) is 67.3 Å². The Morgan fingerprint density at radius 2 is 0.950 bits per heavy atom. The Balaban J connectivity index is 1.08. The Morgan fingerprint density at radius 1 is 0.317 bits per heavy atom. The van der Waals surface area contributed by atoms with Crippen LogP contribution < -0.4 is 0 Å². The van der Waals surface area contributed by atoms with Crippen molar-refractivity contribution in [1.82, 2.24) is 9.97 Å². The molecule has 0 aliphatic rings. The van der Waals surface area contributed by atoms with Crippen molar-refractivity contribution >= 4 is 64.2 Å². The van der Waals surface area contributed by atoms with Crippen LogP contribution in [0.25, 0.3) is 120 Å². The van der Waals surface area contributed by atoms with Crippen molar-refractivity contribution < 1.29 is 4.42 Å². The number of hydrogen-bond acceptors (Lipinski definition) is 4. The molecule has 0 fully saturated rings. The molecule has 0 aliphatic heterocycles. The van der Waals surface area contributed by atoms with Gasteiger partial charge in [0.15, 0.2) is 5.82 Å². The second-order valence-electron chi connectivity index (χ2n) is 15.3. The van der Waals surface area contributed by atoms with E-state index in [9.17, 15) is 0 Å². The molecule has 280 valence electrons. The predicted molar refractivity (Wildman–Crippen MR) is 252 cm³/mol. The Labute approximate surface area is 350 Å². The van der Waals surface area contributed by atoms with Crippen molar-refractivity contribution in [1.29, 1.82) is 0 Å². The summed E-state index contributed by atoms with van der Waals surface area (Å²) in [7, 11) is 0. The Kier molecular flexibility index (Phi) is 8.03. The molecule has 0 atom stereocenters. The molecule has 0 saturated heterocycles. The smallest absolute Gasteiger partial charge is 0.160 e. The zero-order chi connectivity index (χ0) is 39.6. The van der Waals surface area contributed by atoms with E-state index in [0.29, 0.717) is 5.82 Å². The quantitative estimate of drug-likeness (QED) is 0.169. The summed E-state index contributed by atoms with van der Waals surface area (Å²) in [6.45, 7) is 0. The molecular formula is C56H34N2OS. The third kappa shape index (κ3) is 5.88. The van der Waals surface area contributed by atoms with Gasteiger partial charge in [-0.05, 0) is 105 Å². The maximum absolute atomic E-state index is 6.21. The van der Waals surface area contributed by atoms with Crippen LogP contribution in [-0.4, -0.2) is 9.97 Å². The van der Waals surface area contributed by atoms with E-state index in [0.717, 1.165) is 72.3 Å². The average molecular weight is 783 g/mol. The molecule has 0 unspecified atom stereocenters. The van der Waals surface area contributed by atoms with E-state index >= 15 is 0 Å². The van der Waals surface area contributed by atoms with Gasteiger partial charge in [-0.25, -0.2) is 9.97 Å². The summed E-state index contributed by atoms with van der Waals surface area (Å²) >= 11 is 1.85. The number of hydrogen-bond donors (Lipinski definition) is 0. The number of fused-ring (bicyclic) bond motifs is 7. The first-order valence-electron chi connectivity index (χ1n) is 20.2. The fraction of sp³-hybridized carbons (Fsp3) is 0. The second-order valence-corrected chi connectivity index (χ2v) is 16.4. The van der Waals surface area contributed by atoms with Crippen molar-refractivity contribution in [3.63, 3.8) is 0 Å². The fourth-order valence-corrected chi connectivity index (χ4v) is 9.87. The zero-order valence-corrected chi connectivity index (χ0v) is 33.2. The van der Waals surface area contributed by atoms with Gasteiger partial charge in [0.1, 0.15) is 11.2 Å². The number of thiophene rings is 1. The lowest BCUT2D eigenvalue weighted by molar-refractivity contribution is 0.669. The zero-order valence-electron chi connectivity index (χ0n) is 32.3. The fourth-order valence-electron chi connectivity index (χ4n) is 8.78. The molecule has 0 radical (unpaired) electrons. The van der Waals surface area contributed by atoms with Gasteiger partial charge >= 0.3 is 0 Å². The minimum atomic E-state index is 0.678. The number of furan rings is 1. The van der Waals surface area contributed by atoms with Gasteiger partial charge in [0.2, 0.25) is 0 Å². The number of rotatable bonds is 6. The maximum atomic E-state index is 6.21. The van der Waals surface area contributed by atoms with Crippen LogP contribution in [0.2, 0.25) is 0 Å². The Hall–Kier alpha value is -7.66. The lowest BCUT2D eigenvalue weighted by Gasteiger charge is -2.15. The van der Waals surface area contributed by atoms with Crippen LogP contribution in [0.5, 0.6) is 0 Å². The monoisotopic (exact) mass is 782 g/mol. The first-order valence-corrected chi connectivity index (χ1v) is 21.0. The highest BCUT2D eigenvalue weighted by molar-refractivity contribution is 7.25. The molecule has 3 nitrogen and oxygen atoms in total. The van der Waals surface area contributed by atoms with E-state index in [2.05, 4.69) is 176 Å². The van der Waals surface area contributed by atoms with E-state index < -0.39 is 0 Å². The van der Waals surface area contributed by atoms with E-state index in [1.807, 2.05) is 41.7 Å². The number of benzene rings is 9. The van der Waals surface area contributed by atoms with Gasteiger partial charge in [-0.2, -0.15) is 0 Å². The van der Waals surface area contributed by atoms with Crippen LogP contribution in [0.4, 0.5) is 0 Å². The average Bonchev–Trinajstić information content (AvgIpc) is 3.89. The topological polar surface area (TPSA) is 38.9 Å². The summed E-state index contributed by atoms with van der Waals surface area (Å²) in [4.78, 5) is 10.7. The largest absolute Gasteiger partial charge is 0.456 e. The van der Waals surface area contributed by atoms with Crippen molar-refractivity contribution in [2.45, 2.75) is 0 Å². The van der Waals surface area contributed by atoms with Crippen LogP contribution in [0.15, 0.2) is 211 Å². The maximum Gasteiger partial charge on any atom is 0.160 e. The molecule has 0 bridgehead atoms. The normalized spacial score (nSPS) is 11.7. The molecule has 0 spiro atoms. The van der Waals surface area contributed by atoms with Gasteiger partial charge in [-0.1, -0.05) is 146 Å². The summed E-state index contributed by atoms with van der Waals surface area (Å²) < 4.78 is 8.80. The minimum Gasteiger partial charge on any atom is -0.456 e. The van der Waals surface area contributed by atoms with Crippen molar-refractivity contribution in [3.05, 3.63) is 206 Å². The summed E-state index contributed by atoms with van der Waals surface area (Å²) in [5, 5.41) is 7.19. The first-order chi connectivity index (χ1) is 29.7. The molecule has 9 aromatic carbocycles. The molecule has 60 heavy (non-hydrogen) atoms. The molecule has 12 aromatic rings. The molecule has 0 aliphatic carbocycles. The summed E-state index contributed by atoms with van der Waals surface area (Å²) in [6.07, 6.45) is 0. The second kappa shape index (κ2) is 14.0. The lowest BCUT2D eigenvalue weighted by atomic mass is 9.91.